The normalized spacial score (nSPS) is 9.33. The van der Waals surface area contributed by atoms with Gasteiger partial charge in [-0.05, 0) is 53.9 Å². The third-order valence-electron chi connectivity index (χ3n) is 1.63. The summed E-state index contributed by atoms with van der Waals surface area (Å²) in [6.07, 6.45) is 3.47. The average molecular weight is 197 g/mol. The largest absolute Gasteiger partial charge is 0.233 e. The highest BCUT2D eigenvalue weighted by molar-refractivity contribution is 7.78. The Labute approximate surface area is 82.2 Å². The maximum atomic E-state index is 4.47. The van der Waals surface area contributed by atoms with Gasteiger partial charge in [-0.25, -0.2) is 4.99 Å². The van der Waals surface area contributed by atoms with Gasteiger partial charge in [-0.3, -0.25) is 0 Å². The molecule has 0 saturated carbocycles. The van der Waals surface area contributed by atoms with Gasteiger partial charge in [-0.15, -0.1) is 0 Å². The first kappa shape index (κ1) is 9.59. The van der Waals surface area contributed by atoms with Crippen molar-refractivity contribution in [1.82, 2.24) is 0 Å². The lowest BCUT2D eigenvalue weighted by Gasteiger charge is -1.94. The Morgan fingerprint density at radius 2 is 2.42 bits per heavy atom. The second-order valence-electron chi connectivity index (χ2n) is 2.56. The number of thiophene rings is 1. The zero-order chi connectivity index (χ0) is 8.65. The monoisotopic (exact) mass is 197 g/mol. The third-order valence-corrected chi connectivity index (χ3v) is 2.49. The van der Waals surface area contributed by atoms with Crippen LogP contribution in [-0.2, 0) is 6.42 Å². The quantitative estimate of drug-likeness (QED) is 0.401. The molecule has 12 heavy (non-hydrogen) atoms. The van der Waals surface area contributed by atoms with E-state index in [0.29, 0.717) is 0 Å². The molecule has 0 radical (unpaired) electrons. The van der Waals surface area contributed by atoms with Crippen molar-refractivity contribution in [2.45, 2.75) is 19.3 Å². The number of rotatable bonds is 5. The van der Waals surface area contributed by atoms with Crippen molar-refractivity contribution in [3.63, 3.8) is 0 Å². The molecule has 64 valence electrons. The molecule has 0 aliphatic rings. The van der Waals surface area contributed by atoms with E-state index in [2.05, 4.69) is 39.2 Å². The molecular weight excluding hydrogens is 186 g/mol. The van der Waals surface area contributed by atoms with E-state index in [9.17, 15) is 0 Å². The van der Waals surface area contributed by atoms with Crippen LogP contribution in [0.15, 0.2) is 21.8 Å². The van der Waals surface area contributed by atoms with Gasteiger partial charge in [0.25, 0.3) is 0 Å². The molecule has 0 bridgehead atoms. The first-order valence-electron chi connectivity index (χ1n) is 3.98. The Morgan fingerprint density at radius 1 is 1.50 bits per heavy atom. The molecule has 0 N–H and O–H groups in total. The molecule has 0 unspecified atom stereocenters. The molecule has 1 aromatic heterocycles. The van der Waals surface area contributed by atoms with Crippen molar-refractivity contribution in [2.24, 2.45) is 4.99 Å². The van der Waals surface area contributed by atoms with E-state index in [1.807, 2.05) is 0 Å². The summed E-state index contributed by atoms with van der Waals surface area (Å²) in [5.41, 5.74) is 1.44. The Hall–Kier alpha value is -0.500. The van der Waals surface area contributed by atoms with Crippen molar-refractivity contribution in [3.05, 3.63) is 22.4 Å². The summed E-state index contributed by atoms with van der Waals surface area (Å²) in [6.45, 7) is 0.827. The zero-order valence-corrected chi connectivity index (χ0v) is 8.46. The second kappa shape index (κ2) is 6.06. The van der Waals surface area contributed by atoms with E-state index in [1.165, 1.54) is 12.0 Å². The predicted octanol–water partition coefficient (Wildman–Crippen LogP) is 3.17. The SMILES string of the molecule is S=C=NCCCCc1ccsc1. The summed E-state index contributed by atoms with van der Waals surface area (Å²) >= 11 is 6.22. The van der Waals surface area contributed by atoms with E-state index in [0.717, 1.165) is 19.4 Å². The van der Waals surface area contributed by atoms with Crippen LogP contribution in [0.2, 0.25) is 0 Å². The van der Waals surface area contributed by atoms with Crippen LogP contribution in [0.5, 0.6) is 0 Å². The summed E-state index contributed by atoms with van der Waals surface area (Å²) in [5.74, 6) is 0. The van der Waals surface area contributed by atoms with E-state index in [4.69, 9.17) is 0 Å². The molecule has 1 nitrogen and oxygen atoms in total. The molecule has 1 rings (SSSR count). The Balaban J connectivity index is 2.07. The number of isothiocyanates is 1. The number of unbranched alkanes of at least 4 members (excludes halogenated alkanes) is 1. The van der Waals surface area contributed by atoms with Gasteiger partial charge in [0.05, 0.1) is 5.16 Å². The number of hydrogen-bond donors (Lipinski definition) is 0. The maximum absolute atomic E-state index is 4.47. The number of nitrogens with zero attached hydrogens (tertiary/aromatic N) is 1. The minimum absolute atomic E-state index is 0.827. The fourth-order valence-electron chi connectivity index (χ4n) is 1.00. The van der Waals surface area contributed by atoms with Crippen LogP contribution in [0.1, 0.15) is 18.4 Å². The Morgan fingerprint density at radius 3 is 3.08 bits per heavy atom. The third kappa shape index (κ3) is 3.77. The minimum atomic E-state index is 0.827. The molecule has 0 aromatic carbocycles. The summed E-state index contributed by atoms with van der Waals surface area (Å²) in [6, 6.07) is 2.17. The van der Waals surface area contributed by atoms with Gasteiger partial charge in [0.2, 0.25) is 0 Å². The fraction of sp³-hybridized carbons (Fsp3) is 0.444. The van der Waals surface area contributed by atoms with Gasteiger partial charge in [0, 0.05) is 6.54 Å². The highest BCUT2D eigenvalue weighted by Gasteiger charge is 1.91. The molecule has 0 amide bonds. The van der Waals surface area contributed by atoms with Crippen molar-refractivity contribution >= 4 is 28.7 Å². The summed E-state index contributed by atoms with van der Waals surface area (Å²) in [7, 11) is 0. The highest BCUT2D eigenvalue weighted by Crippen LogP contribution is 2.09. The summed E-state index contributed by atoms with van der Waals surface area (Å²) in [4.78, 5) is 3.86. The van der Waals surface area contributed by atoms with Crippen LogP contribution >= 0.6 is 23.6 Å². The van der Waals surface area contributed by atoms with Gasteiger partial charge in [-0.1, -0.05) is 0 Å². The number of aliphatic imine (C=N–C) groups is 1. The van der Waals surface area contributed by atoms with Crippen LogP contribution in [0, 0.1) is 0 Å². The second-order valence-corrected chi connectivity index (χ2v) is 3.52. The van der Waals surface area contributed by atoms with Gasteiger partial charge >= 0.3 is 0 Å². The molecule has 3 heteroatoms. The van der Waals surface area contributed by atoms with Crippen LogP contribution in [0.3, 0.4) is 0 Å². The zero-order valence-electron chi connectivity index (χ0n) is 6.82. The number of thiocarbonyl (C=S) groups is 1. The molecule has 0 aliphatic carbocycles. The molecule has 0 fully saturated rings. The molecule has 0 spiro atoms. The Kier molecular flexibility index (Phi) is 4.85. The van der Waals surface area contributed by atoms with E-state index < -0.39 is 0 Å². The number of aryl methyl sites for hydroxylation is 1. The highest BCUT2D eigenvalue weighted by atomic mass is 32.1. The topological polar surface area (TPSA) is 12.4 Å². The summed E-state index contributed by atoms with van der Waals surface area (Å²) in [5, 5.41) is 6.68. The lowest BCUT2D eigenvalue weighted by molar-refractivity contribution is 0.749. The lowest BCUT2D eigenvalue weighted by Crippen LogP contribution is -1.84. The minimum Gasteiger partial charge on any atom is -0.233 e. The lowest BCUT2D eigenvalue weighted by atomic mass is 10.1. The van der Waals surface area contributed by atoms with E-state index in [-0.39, 0.29) is 0 Å². The smallest absolute Gasteiger partial charge is 0.0584 e. The van der Waals surface area contributed by atoms with Crippen LogP contribution < -0.4 is 0 Å². The molecular formula is C9H11NS2. The van der Waals surface area contributed by atoms with Gasteiger partial charge in [0.15, 0.2) is 0 Å². The van der Waals surface area contributed by atoms with Crippen LogP contribution in [0.25, 0.3) is 0 Å². The van der Waals surface area contributed by atoms with Gasteiger partial charge in [-0.2, -0.15) is 11.3 Å². The van der Waals surface area contributed by atoms with Crippen molar-refractivity contribution in [1.29, 1.82) is 0 Å². The molecule has 0 atom stereocenters. The van der Waals surface area contributed by atoms with Crippen LogP contribution in [-0.4, -0.2) is 11.7 Å². The van der Waals surface area contributed by atoms with Gasteiger partial charge in [0.1, 0.15) is 0 Å². The number of hydrogen-bond acceptors (Lipinski definition) is 3. The first-order valence-corrected chi connectivity index (χ1v) is 5.33. The summed E-state index contributed by atoms with van der Waals surface area (Å²) < 4.78 is 0. The van der Waals surface area contributed by atoms with Crippen molar-refractivity contribution in [3.8, 4) is 0 Å². The van der Waals surface area contributed by atoms with Crippen molar-refractivity contribution in [2.75, 3.05) is 6.54 Å². The van der Waals surface area contributed by atoms with Crippen molar-refractivity contribution < 1.29 is 0 Å². The fourth-order valence-corrected chi connectivity index (χ4v) is 1.79. The molecule has 0 saturated heterocycles. The molecule has 1 aromatic rings. The maximum Gasteiger partial charge on any atom is 0.0584 e. The van der Waals surface area contributed by atoms with E-state index in [1.54, 1.807) is 11.3 Å². The standard InChI is InChI=1S/C9H11NS2/c11-8-10-5-2-1-3-9-4-6-12-7-9/h4,6-7H,1-3,5H2. The first-order chi connectivity index (χ1) is 5.93. The van der Waals surface area contributed by atoms with Crippen LogP contribution in [0.4, 0.5) is 0 Å². The van der Waals surface area contributed by atoms with E-state index >= 15 is 0 Å². The Bertz CT molecular complexity index is 248. The average Bonchev–Trinajstić information content (AvgIpc) is 2.57. The predicted molar refractivity (Wildman–Crippen MR) is 57.2 cm³/mol. The van der Waals surface area contributed by atoms with Gasteiger partial charge < -0.3 is 0 Å². The molecule has 1 heterocycles. The molecule has 0 aliphatic heterocycles.